The Morgan fingerprint density at radius 2 is 2.00 bits per heavy atom. The predicted molar refractivity (Wildman–Crippen MR) is 113 cm³/mol. The van der Waals surface area contributed by atoms with E-state index in [4.69, 9.17) is 9.26 Å². The van der Waals surface area contributed by atoms with E-state index in [9.17, 15) is 4.79 Å². The maximum absolute atomic E-state index is 12.9. The van der Waals surface area contributed by atoms with E-state index in [2.05, 4.69) is 10.1 Å². The van der Waals surface area contributed by atoms with Gasteiger partial charge in [0.2, 0.25) is 11.7 Å². The maximum atomic E-state index is 12.9. The van der Waals surface area contributed by atoms with Crippen LogP contribution in [0.1, 0.15) is 19.7 Å². The zero-order valence-corrected chi connectivity index (χ0v) is 17.1. The number of fused-ring (bicyclic) bond motifs is 1. The van der Waals surface area contributed by atoms with Crippen LogP contribution in [0.4, 0.5) is 0 Å². The van der Waals surface area contributed by atoms with Crippen LogP contribution in [0.5, 0.6) is 5.75 Å². The second-order valence-electron chi connectivity index (χ2n) is 6.61. The minimum absolute atomic E-state index is 0.128. The molecule has 29 heavy (non-hydrogen) atoms. The van der Waals surface area contributed by atoms with Gasteiger partial charge in [-0.1, -0.05) is 41.6 Å². The smallest absolute Gasteiger partial charge is 0.263 e. The third kappa shape index (κ3) is 4.30. The molecule has 0 saturated carbocycles. The number of hydrogen-bond acceptors (Lipinski definition) is 6. The minimum atomic E-state index is -0.629. The Kier molecular flexibility index (Phi) is 5.57. The molecule has 0 aliphatic rings. The number of hydrogen-bond donors (Lipinski definition) is 0. The monoisotopic (exact) mass is 407 g/mol. The third-order valence-electron chi connectivity index (χ3n) is 4.61. The maximum Gasteiger partial charge on any atom is 0.263 e. The number of likely N-dealkylation sites (N-methyl/N-ethyl adjacent to an activating group) is 1. The molecule has 0 aliphatic carbocycles. The first-order chi connectivity index (χ1) is 14.1. The number of carbonyl (C=O) groups excluding carboxylic acids is 1. The standard InChI is InChI=1S/C22H21N3O3S/c1-3-25(14-20-23-21(24-28-20)19-9-6-12-29-19)22(26)15(2)27-18-11-10-16-7-4-5-8-17(16)13-18/h4-13,15H,3,14H2,1-2H3/t15-/m1/s1. The molecule has 2 aromatic carbocycles. The van der Waals surface area contributed by atoms with E-state index >= 15 is 0 Å². The van der Waals surface area contributed by atoms with Gasteiger partial charge in [-0.05, 0) is 48.2 Å². The van der Waals surface area contributed by atoms with Gasteiger partial charge in [0.1, 0.15) is 12.3 Å². The minimum Gasteiger partial charge on any atom is -0.481 e. The Hall–Kier alpha value is -3.19. The molecule has 1 atom stereocenters. The van der Waals surface area contributed by atoms with Crippen LogP contribution in [-0.4, -0.2) is 33.6 Å². The molecule has 0 radical (unpaired) electrons. The summed E-state index contributed by atoms with van der Waals surface area (Å²) in [5.41, 5.74) is 0. The molecule has 0 spiro atoms. The molecule has 0 aliphatic heterocycles. The largest absolute Gasteiger partial charge is 0.481 e. The number of nitrogens with zero attached hydrogens (tertiary/aromatic N) is 3. The van der Waals surface area contributed by atoms with E-state index in [1.165, 1.54) is 0 Å². The van der Waals surface area contributed by atoms with Gasteiger partial charge in [-0.2, -0.15) is 4.98 Å². The van der Waals surface area contributed by atoms with Gasteiger partial charge in [-0.25, -0.2) is 0 Å². The fraction of sp³-hybridized carbons (Fsp3) is 0.227. The summed E-state index contributed by atoms with van der Waals surface area (Å²) < 4.78 is 11.2. The van der Waals surface area contributed by atoms with Crippen LogP contribution in [0, 0.1) is 0 Å². The second-order valence-corrected chi connectivity index (χ2v) is 7.56. The molecule has 1 amide bonds. The molecule has 2 aromatic heterocycles. The lowest BCUT2D eigenvalue weighted by molar-refractivity contribution is -0.138. The number of carbonyl (C=O) groups is 1. The number of rotatable bonds is 7. The van der Waals surface area contributed by atoms with Gasteiger partial charge >= 0.3 is 0 Å². The van der Waals surface area contributed by atoms with Crippen molar-refractivity contribution in [1.29, 1.82) is 0 Å². The van der Waals surface area contributed by atoms with Crippen molar-refractivity contribution in [1.82, 2.24) is 15.0 Å². The molecule has 0 fully saturated rings. The third-order valence-corrected chi connectivity index (χ3v) is 5.48. The molecule has 0 N–H and O–H groups in total. The average Bonchev–Trinajstić information content (AvgIpc) is 3.43. The van der Waals surface area contributed by atoms with Crippen molar-refractivity contribution >= 4 is 28.0 Å². The highest BCUT2D eigenvalue weighted by molar-refractivity contribution is 7.13. The van der Waals surface area contributed by atoms with Crippen molar-refractivity contribution < 1.29 is 14.1 Å². The van der Waals surface area contributed by atoms with Crippen LogP contribution in [0.3, 0.4) is 0 Å². The molecule has 7 heteroatoms. The lowest BCUT2D eigenvalue weighted by Gasteiger charge is -2.23. The number of ether oxygens (including phenoxy) is 1. The summed E-state index contributed by atoms with van der Waals surface area (Å²) in [5, 5.41) is 8.16. The first-order valence-electron chi connectivity index (χ1n) is 9.44. The highest BCUT2D eigenvalue weighted by atomic mass is 32.1. The fourth-order valence-corrected chi connectivity index (χ4v) is 3.74. The zero-order valence-electron chi connectivity index (χ0n) is 16.2. The molecule has 6 nitrogen and oxygen atoms in total. The molecular formula is C22H21N3O3S. The van der Waals surface area contributed by atoms with E-state index in [0.717, 1.165) is 15.6 Å². The van der Waals surface area contributed by atoms with Crippen LogP contribution >= 0.6 is 11.3 Å². The molecule has 4 rings (SSSR count). The molecule has 2 heterocycles. The zero-order chi connectivity index (χ0) is 20.2. The first-order valence-corrected chi connectivity index (χ1v) is 10.3. The van der Waals surface area contributed by atoms with Crippen molar-refractivity contribution in [3.8, 4) is 16.5 Å². The van der Waals surface area contributed by atoms with Crippen molar-refractivity contribution in [2.24, 2.45) is 0 Å². The summed E-state index contributed by atoms with van der Waals surface area (Å²) in [6.07, 6.45) is -0.629. The summed E-state index contributed by atoms with van der Waals surface area (Å²) in [4.78, 5) is 19.9. The summed E-state index contributed by atoms with van der Waals surface area (Å²) in [7, 11) is 0. The van der Waals surface area contributed by atoms with Crippen LogP contribution in [0.15, 0.2) is 64.5 Å². The summed E-state index contributed by atoms with van der Waals surface area (Å²) in [6.45, 7) is 4.43. The predicted octanol–water partition coefficient (Wildman–Crippen LogP) is 4.77. The van der Waals surface area contributed by atoms with Gasteiger partial charge in [0, 0.05) is 6.54 Å². The molecule has 4 aromatic rings. The van der Waals surface area contributed by atoms with Crippen LogP contribution < -0.4 is 4.74 Å². The molecule has 0 bridgehead atoms. The van der Waals surface area contributed by atoms with Gasteiger partial charge in [-0.15, -0.1) is 11.3 Å². The van der Waals surface area contributed by atoms with Gasteiger partial charge in [0.05, 0.1) is 4.88 Å². The van der Waals surface area contributed by atoms with E-state index < -0.39 is 6.10 Å². The highest BCUT2D eigenvalue weighted by Gasteiger charge is 2.23. The Morgan fingerprint density at radius 1 is 1.17 bits per heavy atom. The number of benzene rings is 2. The van der Waals surface area contributed by atoms with Crippen LogP contribution in [0.25, 0.3) is 21.5 Å². The van der Waals surface area contributed by atoms with Crippen molar-refractivity contribution in [2.75, 3.05) is 6.54 Å². The van der Waals surface area contributed by atoms with E-state index in [0.29, 0.717) is 24.0 Å². The highest BCUT2D eigenvalue weighted by Crippen LogP contribution is 2.23. The van der Waals surface area contributed by atoms with Crippen molar-refractivity contribution in [2.45, 2.75) is 26.5 Å². The van der Waals surface area contributed by atoms with Gasteiger partial charge in [-0.3, -0.25) is 4.79 Å². The number of amides is 1. The van der Waals surface area contributed by atoms with Crippen molar-refractivity contribution in [3.05, 3.63) is 65.9 Å². The SMILES string of the molecule is CCN(Cc1nc(-c2cccs2)no1)C(=O)[C@@H](C)Oc1ccc2ccccc2c1. The van der Waals surface area contributed by atoms with E-state index in [-0.39, 0.29) is 12.5 Å². The van der Waals surface area contributed by atoms with Crippen LogP contribution in [-0.2, 0) is 11.3 Å². The lowest BCUT2D eigenvalue weighted by Crippen LogP contribution is -2.40. The van der Waals surface area contributed by atoms with E-state index in [1.807, 2.05) is 66.9 Å². The molecule has 0 saturated heterocycles. The first kappa shape index (κ1) is 19.1. The van der Waals surface area contributed by atoms with Gasteiger partial charge in [0.15, 0.2) is 6.10 Å². The fourth-order valence-electron chi connectivity index (χ4n) is 3.09. The molecule has 0 unspecified atom stereocenters. The van der Waals surface area contributed by atoms with Crippen molar-refractivity contribution in [3.63, 3.8) is 0 Å². The summed E-state index contributed by atoms with van der Waals surface area (Å²) in [6, 6.07) is 17.7. The molecule has 148 valence electrons. The van der Waals surface area contributed by atoms with Gasteiger partial charge < -0.3 is 14.2 Å². The lowest BCUT2D eigenvalue weighted by atomic mass is 10.1. The number of aromatic nitrogens is 2. The van der Waals surface area contributed by atoms with E-state index in [1.54, 1.807) is 23.2 Å². The Balaban J connectivity index is 1.43. The topological polar surface area (TPSA) is 68.5 Å². The second kappa shape index (κ2) is 8.45. The van der Waals surface area contributed by atoms with Gasteiger partial charge in [0.25, 0.3) is 5.91 Å². The Morgan fingerprint density at radius 3 is 2.76 bits per heavy atom. The number of thiophene rings is 1. The quantitative estimate of drug-likeness (QED) is 0.441. The summed E-state index contributed by atoms with van der Waals surface area (Å²) in [5.74, 6) is 1.48. The molecular weight excluding hydrogens is 386 g/mol. The summed E-state index contributed by atoms with van der Waals surface area (Å²) >= 11 is 1.54. The average molecular weight is 407 g/mol. The Bertz CT molecular complexity index is 1110. The Labute approximate surface area is 172 Å². The normalized spacial score (nSPS) is 12.1. The van der Waals surface area contributed by atoms with Crippen LogP contribution in [0.2, 0.25) is 0 Å².